The minimum Gasteiger partial charge on any atom is -0.495 e. The molecule has 0 fully saturated rings. The van der Waals surface area contributed by atoms with Crippen molar-refractivity contribution < 1.29 is 4.74 Å². The lowest BCUT2D eigenvalue weighted by atomic mass is 10.2. The Bertz CT molecular complexity index is 572. The quantitative estimate of drug-likeness (QED) is 0.861. The number of hydrogen-bond donors (Lipinski definition) is 1. The first kappa shape index (κ1) is 12.6. The van der Waals surface area contributed by atoms with Crippen molar-refractivity contribution in [2.24, 2.45) is 0 Å². The predicted octanol–water partition coefficient (Wildman–Crippen LogP) is 3.50. The molecule has 0 aliphatic rings. The Kier molecular flexibility index (Phi) is 3.67. The van der Waals surface area contributed by atoms with Crippen LogP contribution in [0.5, 0.6) is 5.75 Å². The summed E-state index contributed by atoms with van der Waals surface area (Å²) in [4.78, 5) is 8.08. The van der Waals surface area contributed by atoms with Gasteiger partial charge in [-0.25, -0.2) is 9.97 Å². The molecule has 5 heteroatoms. The van der Waals surface area contributed by atoms with E-state index >= 15 is 0 Å². The Hall–Kier alpha value is -1.81. The first-order valence-electron chi connectivity index (χ1n) is 5.51. The molecule has 0 spiro atoms. The fraction of sp³-hybridized carbons (Fsp3) is 0.231. The Morgan fingerprint density at radius 2 is 2.06 bits per heavy atom. The van der Waals surface area contributed by atoms with Gasteiger partial charge in [0.05, 0.1) is 12.8 Å². The number of ether oxygens (including phenoxy) is 1. The fourth-order valence-electron chi connectivity index (χ4n) is 1.59. The van der Waals surface area contributed by atoms with Crippen molar-refractivity contribution in [3.8, 4) is 5.75 Å². The largest absolute Gasteiger partial charge is 0.495 e. The second-order valence-corrected chi connectivity index (χ2v) is 4.34. The van der Waals surface area contributed by atoms with Crippen LogP contribution in [0.3, 0.4) is 0 Å². The number of nitrogens with one attached hydrogen (secondary N) is 1. The van der Waals surface area contributed by atoms with Crippen LogP contribution in [0.1, 0.15) is 11.1 Å². The molecule has 0 saturated heterocycles. The summed E-state index contributed by atoms with van der Waals surface area (Å²) >= 11 is 5.79. The molecule has 0 amide bonds. The number of aromatic nitrogens is 2. The third kappa shape index (κ3) is 2.71. The molecule has 1 aromatic carbocycles. The summed E-state index contributed by atoms with van der Waals surface area (Å²) in [5.41, 5.74) is 2.91. The van der Waals surface area contributed by atoms with Crippen molar-refractivity contribution in [3.63, 3.8) is 0 Å². The summed E-state index contributed by atoms with van der Waals surface area (Å²) in [7, 11) is 1.63. The molecule has 0 bridgehead atoms. The van der Waals surface area contributed by atoms with Gasteiger partial charge in [-0.05, 0) is 43.1 Å². The maximum absolute atomic E-state index is 5.79. The predicted molar refractivity (Wildman–Crippen MR) is 72.8 cm³/mol. The van der Waals surface area contributed by atoms with Gasteiger partial charge >= 0.3 is 0 Å². The van der Waals surface area contributed by atoms with Gasteiger partial charge in [0.25, 0.3) is 0 Å². The van der Waals surface area contributed by atoms with Gasteiger partial charge in [-0.1, -0.05) is 6.07 Å². The summed E-state index contributed by atoms with van der Waals surface area (Å²) in [6.07, 6.45) is 1.68. The van der Waals surface area contributed by atoms with Crippen LogP contribution in [0.15, 0.2) is 24.4 Å². The van der Waals surface area contributed by atoms with Crippen LogP contribution in [0.25, 0.3) is 0 Å². The van der Waals surface area contributed by atoms with Crippen molar-refractivity contribution in [3.05, 3.63) is 40.8 Å². The lowest BCUT2D eigenvalue weighted by molar-refractivity contribution is 0.416. The number of rotatable bonds is 3. The molecule has 1 heterocycles. The van der Waals surface area contributed by atoms with Gasteiger partial charge in [-0.2, -0.15) is 0 Å². The van der Waals surface area contributed by atoms with E-state index in [9.17, 15) is 0 Å². The molecule has 18 heavy (non-hydrogen) atoms. The first-order chi connectivity index (χ1) is 8.60. The molecule has 0 radical (unpaired) electrons. The van der Waals surface area contributed by atoms with Crippen LogP contribution < -0.4 is 10.1 Å². The zero-order chi connectivity index (χ0) is 13.1. The maximum Gasteiger partial charge on any atom is 0.224 e. The number of methoxy groups -OCH3 is 1. The normalized spacial score (nSPS) is 10.2. The number of hydrogen-bond acceptors (Lipinski definition) is 4. The molecule has 0 saturated carbocycles. The van der Waals surface area contributed by atoms with Crippen LogP contribution in [0.4, 0.5) is 11.5 Å². The van der Waals surface area contributed by atoms with E-state index in [0.29, 0.717) is 5.82 Å². The van der Waals surface area contributed by atoms with Crippen molar-refractivity contribution in [2.75, 3.05) is 12.4 Å². The standard InChI is InChI=1S/C13H14ClN3O/c1-8-4-5-11(18-3)10(6-8)16-12-9(2)7-15-13(14)17-12/h4-7H,1-3H3,(H,15,16,17). The molecule has 2 aromatic rings. The van der Waals surface area contributed by atoms with E-state index in [1.54, 1.807) is 13.3 Å². The highest BCUT2D eigenvalue weighted by Gasteiger charge is 2.07. The molecule has 2 rings (SSSR count). The lowest BCUT2D eigenvalue weighted by Crippen LogP contribution is -2.00. The van der Waals surface area contributed by atoms with Gasteiger partial charge in [0.1, 0.15) is 11.6 Å². The lowest BCUT2D eigenvalue weighted by Gasteiger charge is -2.12. The van der Waals surface area contributed by atoms with E-state index in [4.69, 9.17) is 16.3 Å². The molecule has 0 unspecified atom stereocenters. The topological polar surface area (TPSA) is 47.0 Å². The number of halogens is 1. The molecule has 4 nitrogen and oxygen atoms in total. The fourth-order valence-corrected chi connectivity index (χ4v) is 1.73. The monoisotopic (exact) mass is 263 g/mol. The Labute approximate surface area is 111 Å². The average molecular weight is 264 g/mol. The molecule has 0 aliphatic carbocycles. The van der Waals surface area contributed by atoms with Crippen molar-refractivity contribution >= 4 is 23.1 Å². The zero-order valence-electron chi connectivity index (χ0n) is 10.5. The second-order valence-electron chi connectivity index (χ2n) is 4.00. The number of aryl methyl sites for hydroxylation is 2. The van der Waals surface area contributed by atoms with E-state index in [1.807, 2.05) is 32.0 Å². The van der Waals surface area contributed by atoms with Gasteiger partial charge in [-0.3, -0.25) is 0 Å². The molecule has 1 N–H and O–H groups in total. The van der Waals surface area contributed by atoms with Crippen molar-refractivity contribution in [2.45, 2.75) is 13.8 Å². The average Bonchev–Trinajstić information content (AvgIpc) is 2.34. The van der Waals surface area contributed by atoms with Crippen molar-refractivity contribution in [1.82, 2.24) is 9.97 Å². The summed E-state index contributed by atoms with van der Waals surface area (Å²) in [5.74, 6) is 1.44. The van der Waals surface area contributed by atoms with Gasteiger partial charge in [-0.15, -0.1) is 0 Å². The molecule has 0 atom stereocenters. The third-order valence-corrected chi connectivity index (χ3v) is 2.73. The van der Waals surface area contributed by atoms with E-state index in [-0.39, 0.29) is 5.28 Å². The molecule has 0 aliphatic heterocycles. The smallest absolute Gasteiger partial charge is 0.224 e. The molecular formula is C13H14ClN3O. The number of benzene rings is 1. The Balaban J connectivity index is 2.38. The second kappa shape index (κ2) is 5.23. The van der Waals surface area contributed by atoms with Crippen LogP contribution in [-0.2, 0) is 0 Å². The molecular weight excluding hydrogens is 250 g/mol. The summed E-state index contributed by atoms with van der Waals surface area (Å²) in [6.45, 7) is 3.94. The minimum absolute atomic E-state index is 0.217. The number of nitrogens with zero attached hydrogens (tertiary/aromatic N) is 2. The summed E-state index contributed by atoms with van der Waals surface area (Å²) in [6, 6.07) is 5.90. The Morgan fingerprint density at radius 1 is 1.28 bits per heavy atom. The van der Waals surface area contributed by atoms with Crippen LogP contribution in [0, 0.1) is 13.8 Å². The summed E-state index contributed by atoms with van der Waals surface area (Å²) < 4.78 is 5.30. The minimum atomic E-state index is 0.217. The van der Waals surface area contributed by atoms with E-state index in [1.165, 1.54) is 0 Å². The van der Waals surface area contributed by atoms with E-state index < -0.39 is 0 Å². The van der Waals surface area contributed by atoms with Gasteiger partial charge in [0.2, 0.25) is 5.28 Å². The van der Waals surface area contributed by atoms with Crippen LogP contribution in [0.2, 0.25) is 5.28 Å². The van der Waals surface area contributed by atoms with E-state index in [2.05, 4.69) is 15.3 Å². The SMILES string of the molecule is COc1ccc(C)cc1Nc1nc(Cl)ncc1C. The molecule has 94 valence electrons. The van der Waals surface area contributed by atoms with E-state index in [0.717, 1.165) is 22.6 Å². The first-order valence-corrected chi connectivity index (χ1v) is 5.89. The third-order valence-electron chi connectivity index (χ3n) is 2.55. The maximum atomic E-state index is 5.79. The van der Waals surface area contributed by atoms with Crippen LogP contribution >= 0.6 is 11.6 Å². The highest BCUT2D eigenvalue weighted by Crippen LogP contribution is 2.29. The molecule has 1 aromatic heterocycles. The van der Waals surface area contributed by atoms with Crippen LogP contribution in [-0.4, -0.2) is 17.1 Å². The summed E-state index contributed by atoms with van der Waals surface area (Å²) in [5, 5.41) is 3.43. The Morgan fingerprint density at radius 3 is 2.78 bits per heavy atom. The highest BCUT2D eigenvalue weighted by molar-refractivity contribution is 6.28. The zero-order valence-corrected chi connectivity index (χ0v) is 11.2. The van der Waals surface area contributed by atoms with Gasteiger partial charge in [0.15, 0.2) is 0 Å². The van der Waals surface area contributed by atoms with Gasteiger partial charge in [0, 0.05) is 11.8 Å². The van der Waals surface area contributed by atoms with Crippen molar-refractivity contribution in [1.29, 1.82) is 0 Å². The van der Waals surface area contributed by atoms with Gasteiger partial charge < -0.3 is 10.1 Å². The highest BCUT2D eigenvalue weighted by atomic mass is 35.5. The number of anilines is 2.